The number of carbonyl (C=O) groups is 1. The number of benzene rings is 1. The minimum Gasteiger partial charge on any atom is -0.379 e. The highest BCUT2D eigenvalue weighted by Crippen LogP contribution is 2.33. The Labute approximate surface area is 192 Å². The van der Waals surface area contributed by atoms with E-state index in [1.165, 1.54) is 0 Å². The number of anilines is 2. The van der Waals surface area contributed by atoms with Crippen molar-refractivity contribution in [3.05, 3.63) is 65.6 Å². The van der Waals surface area contributed by atoms with Crippen LogP contribution < -0.4 is 15.5 Å². The Kier molecular flexibility index (Phi) is 6.37. The Morgan fingerprint density at radius 1 is 1.25 bits per heavy atom. The van der Waals surface area contributed by atoms with Crippen molar-refractivity contribution in [1.82, 2.24) is 20.3 Å². The number of aromatic nitrogens is 3. The van der Waals surface area contributed by atoms with Crippen LogP contribution in [0.15, 0.2) is 60.6 Å². The van der Waals surface area contributed by atoms with E-state index in [-0.39, 0.29) is 12.5 Å². The fraction of sp³-hybridized carbons (Fsp3) is 0.250. The summed E-state index contributed by atoms with van der Waals surface area (Å²) in [6, 6.07) is 5.99. The average Bonchev–Trinajstić information content (AvgIpc) is 2.80. The van der Waals surface area contributed by atoms with Gasteiger partial charge in [-0.3, -0.25) is 9.78 Å². The van der Waals surface area contributed by atoms with Crippen molar-refractivity contribution < 1.29 is 4.79 Å². The van der Waals surface area contributed by atoms with Crippen molar-refractivity contribution >= 4 is 40.0 Å². The zero-order valence-electron chi connectivity index (χ0n) is 18.2. The molecule has 8 heteroatoms. The smallest absolute Gasteiger partial charge is 0.239 e. The molecule has 0 saturated carbocycles. The third kappa shape index (κ3) is 4.57. The number of carbonyl (C=O) groups excluding carboxylic acids is 1. The summed E-state index contributed by atoms with van der Waals surface area (Å²) in [5.41, 5.74) is 5.64. The van der Waals surface area contributed by atoms with E-state index in [0.717, 1.165) is 38.9 Å². The molecule has 164 valence electrons. The highest BCUT2D eigenvalue weighted by Gasteiger charge is 2.18. The van der Waals surface area contributed by atoms with E-state index in [0.29, 0.717) is 30.6 Å². The Bertz CT molecular complexity index is 1210. The van der Waals surface area contributed by atoms with Crippen LogP contribution in [-0.4, -0.2) is 47.0 Å². The topological polar surface area (TPSA) is 83.0 Å². The van der Waals surface area contributed by atoms with Gasteiger partial charge in [0.05, 0.1) is 22.8 Å². The molecule has 0 atom stereocenters. The lowest BCUT2D eigenvalue weighted by Crippen LogP contribution is -2.48. The molecule has 3 heterocycles. The number of amides is 1. The first-order valence-electron chi connectivity index (χ1n) is 10.4. The van der Waals surface area contributed by atoms with Crippen LogP contribution in [0.4, 0.5) is 11.6 Å². The molecule has 4 rings (SSSR count). The predicted molar refractivity (Wildman–Crippen MR) is 130 cm³/mol. The van der Waals surface area contributed by atoms with Gasteiger partial charge < -0.3 is 15.5 Å². The third-order valence-electron chi connectivity index (χ3n) is 5.47. The van der Waals surface area contributed by atoms with Crippen LogP contribution in [-0.2, 0) is 4.79 Å². The van der Waals surface area contributed by atoms with Gasteiger partial charge in [0.15, 0.2) is 0 Å². The molecular formula is C24H25ClN6O. The van der Waals surface area contributed by atoms with Gasteiger partial charge in [-0.15, -0.1) is 0 Å². The second-order valence-electron chi connectivity index (χ2n) is 7.70. The summed E-state index contributed by atoms with van der Waals surface area (Å²) in [5.74, 6) is 0.533. The Morgan fingerprint density at radius 3 is 2.72 bits per heavy atom. The predicted octanol–water partition coefficient (Wildman–Crippen LogP) is 4.22. The van der Waals surface area contributed by atoms with Crippen molar-refractivity contribution in [2.45, 2.75) is 13.8 Å². The van der Waals surface area contributed by atoms with Crippen LogP contribution in [0.3, 0.4) is 0 Å². The number of hydrogen-bond acceptors (Lipinski definition) is 6. The summed E-state index contributed by atoms with van der Waals surface area (Å²) in [4.78, 5) is 26.9. The van der Waals surface area contributed by atoms with Gasteiger partial charge in [-0.1, -0.05) is 35.9 Å². The molecule has 0 aliphatic carbocycles. The fourth-order valence-corrected chi connectivity index (χ4v) is 3.87. The van der Waals surface area contributed by atoms with Crippen molar-refractivity contribution in [3.63, 3.8) is 0 Å². The van der Waals surface area contributed by atoms with Gasteiger partial charge in [0.2, 0.25) is 11.9 Å². The maximum absolute atomic E-state index is 11.6. The molecule has 1 aromatic carbocycles. The molecule has 1 saturated heterocycles. The van der Waals surface area contributed by atoms with Crippen molar-refractivity contribution in [2.24, 2.45) is 0 Å². The molecule has 0 bridgehead atoms. The van der Waals surface area contributed by atoms with Gasteiger partial charge in [0.25, 0.3) is 0 Å². The van der Waals surface area contributed by atoms with E-state index in [4.69, 9.17) is 11.6 Å². The normalized spacial score (nSPS) is 14.4. The van der Waals surface area contributed by atoms with Crippen LogP contribution >= 0.6 is 11.6 Å². The van der Waals surface area contributed by atoms with E-state index in [1.807, 2.05) is 43.0 Å². The summed E-state index contributed by atoms with van der Waals surface area (Å²) >= 11 is 6.50. The Morgan fingerprint density at radius 2 is 2.03 bits per heavy atom. The first kappa shape index (κ1) is 21.8. The van der Waals surface area contributed by atoms with E-state index >= 15 is 0 Å². The number of pyridine rings is 1. The van der Waals surface area contributed by atoms with Gasteiger partial charge in [0, 0.05) is 49.2 Å². The zero-order chi connectivity index (χ0) is 22.7. The van der Waals surface area contributed by atoms with Gasteiger partial charge in [0.1, 0.15) is 0 Å². The van der Waals surface area contributed by atoms with E-state index in [9.17, 15) is 4.79 Å². The van der Waals surface area contributed by atoms with E-state index < -0.39 is 0 Å². The van der Waals surface area contributed by atoms with Crippen molar-refractivity contribution in [3.8, 4) is 11.1 Å². The quantitative estimate of drug-likeness (QED) is 0.549. The average molecular weight is 449 g/mol. The first-order valence-corrected chi connectivity index (χ1v) is 10.8. The molecule has 2 N–H and O–H groups in total. The van der Waals surface area contributed by atoms with Crippen LogP contribution in [0.1, 0.15) is 13.8 Å². The molecular weight excluding hydrogens is 424 g/mol. The Balaban J connectivity index is 1.64. The summed E-state index contributed by atoms with van der Waals surface area (Å²) < 4.78 is 0. The van der Waals surface area contributed by atoms with Gasteiger partial charge in [-0.05, 0) is 37.1 Å². The van der Waals surface area contributed by atoms with E-state index in [2.05, 4.69) is 32.2 Å². The summed E-state index contributed by atoms with van der Waals surface area (Å²) in [6.45, 7) is 10.2. The second-order valence-corrected chi connectivity index (χ2v) is 8.11. The lowest BCUT2D eigenvalue weighted by Gasteiger charge is -2.26. The highest BCUT2D eigenvalue weighted by atomic mass is 35.5. The number of halogens is 1. The standard InChI is InChI=1S/C24H25ClN6O/c1-4-16(15(2)3)10-28-23-19-9-17(5-6-21(19)27-13-20(23)25)18-11-29-24(30-12-18)31-8-7-26-22(32)14-31/h4-6,9,11-13H,2,7-8,10,14H2,1,3H3,(H,26,32)(H,27,28)/b16-4-. The van der Waals surface area contributed by atoms with Gasteiger partial charge in [-0.25, -0.2) is 9.97 Å². The lowest BCUT2D eigenvalue weighted by atomic mass is 10.0. The molecule has 0 unspecified atom stereocenters. The number of fused-ring (bicyclic) bond motifs is 1. The largest absolute Gasteiger partial charge is 0.379 e. The minimum atomic E-state index is -0.0180. The summed E-state index contributed by atoms with van der Waals surface area (Å²) in [5, 5.41) is 7.73. The highest BCUT2D eigenvalue weighted by molar-refractivity contribution is 6.34. The number of allylic oxidation sites excluding steroid dienone is 1. The summed E-state index contributed by atoms with van der Waals surface area (Å²) in [7, 11) is 0. The third-order valence-corrected chi connectivity index (χ3v) is 5.75. The van der Waals surface area contributed by atoms with Gasteiger partial charge >= 0.3 is 0 Å². The number of rotatable bonds is 6. The first-order chi connectivity index (χ1) is 15.5. The molecule has 0 radical (unpaired) electrons. The van der Waals surface area contributed by atoms with Crippen LogP contribution in [0.25, 0.3) is 22.0 Å². The molecule has 32 heavy (non-hydrogen) atoms. The number of nitrogens with zero attached hydrogens (tertiary/aromatic N) is 4. The number of hydrogen-bond donors (Lipinski definition) is 2. The maximum atomic E-state index is 11.6. The molecule has 1 fully saturated rings. The van der Waals surface area contributed by atoms with Crippen molar-refractivity contribution in [2.75, 3.05) is 36.4 Å². The lowest BCUT2D eigenvalue weighted by molar-refractivity contribution is -0.120. The molecule has 0 spiro atoms. The fourth-order valence-electron chi connectivity index (χ4n) is 3.65. The molecule has 1 aliphatic rings. The molecule has 2 aromatic heterocycles. The molecule has 1 amide bonds. The monoisotopic (exact) mass is 448 g/mol. The van der Waals surface area contributed by atoms with Crippen LogP contribution in [0.5, 0.6) is 0 Å². The summed E-state index contributed by atoms with van der Waals surface area (Å²) in [6.07, 6.45) is 7.26. The zero-order valence-corrected chi connectivity index (χ0v) is 18.9. The van der Waals surface area contributed by atoms with Crippen LogP contribution in [0.2, 0.25) is 5.02 Å². The number of piperazine rings is 1. The Hall–Kier alpha value is -3.45. The SMILES string of the molecule is C=C(C)/C(=C\C)CNc1c(Cl)cnc2ccc(-c3cnc(N4CCNC(=O)C4)nc3)cc12. The second kappa shape index (κ2) is 9.36. The molecule has 7 nitrogen and oxygen atoms in total. The van der Waals surface area contributed by atoms with Crippen LogP contribution in [0, 0.1) is 0 Å². The number of nitrogens with one attached hydrogen (secondary N) is 2. The maximum Gasteiger partial charge on any atom is 0.239 e. The minimum absolute atomic E-state index is 0.0180. The van der Waals surface area contributed by atoms with Gasteiger partial charge in [-0.2, -0.15) is 0 Å². The molecule has 1 aliphatic heterocycles. The van der Waals surface area contributed by atoms with Crippen molar-refractivity contribution in [1.29, 1.82) is 0 Å². The van der Waals surface area contributed by atoms with E-state index in [1.54, 1.807) is 18.6 Å². The molecule has 3 aromatic rings.